The second-order valence-electron chi connectivity index (χ2n) is 7.70. The van der Waals surface area contributed by atoms with Gasteiger partial charge in [-0.3, -0.25) is 9.10 Å². The lowest BCUT2D eigenvalue weighted by atomic mass is 10.2. The van der Waals surface area contributed by atoms with E-state index < -0.39 is 10.0 Å². The van der Waals surface area contributed by atoms with Gasteiger partial charge in [0, 0.05) is 17.3 Å². The maximum Gasteiger partial charge on any atom is 0.265 e. The Labute approximate surface area is 214 Å². The number of nitrogens with one attached hydrogen (secondary N) is 1. The van der Waals surface area contributed by atoms with E-state index in [2.05, 4.69) is 5.32 Å². The number of benzene rings is 3. The van der Waals surface area contributed by atoms with Gasteiger partial charge < -0.3 is 19.5 Å². The van der Waals surface area contributed by atoms with Crippen molar-refractivity contribution in [3.8, 4) is 17.2 Å². The number of carbonyl (C=O) groups excluding carboxylic acids is 1. The van der Waals surface area contributed by atoms with Crippen LogP contribution in [0, 0.1) is 0 Å². The Balaban J connectivity index is 1.62. The summed E-state index contributed by atoms with van der Waals surface area (Å²) in [5.74, 6) is 1.38. The molecule has 1 aromatic heterocycles. The molecule has 0 aliphatic carbocycles. The van der Waals surface area contributed by atoms with Crippen LogP contribution in [0.2, 0.25) is 0 Å². The number of hydrogen-bond donors (Lipinski definition) is 1. The minimum Gasteiger partial charge on any atom is -0.497 e. The number of ether oxygens (including phenoxy) is 3. The molecular weight excluding hydrogens is 500 g/mol. The van der Waals surface area contributed by atoms with Crippen LogP contribution in [0.3, 0.4) is 0 Å². The molecular formula is C26H26N2O6S2. The molecule has 0 bridgehead atoms. The number of carbonyl (C=O) groups is 1. The third-order valence-corrected chi connectivity index (χ3v) is 8.64. The Morgan fingerprint density at radius 3 is 2.22 bits per heavy atom. The van der Waals surface area contributed by atoms with E-state index in [9.17, 15) is 13.2 Å². The van der Waals surface area contributed by atoms with E-state index >= 15 is 0 Å². The van der Waals surface area contributed by atoms with Crippen molar-refractivity contribution >= 4 is 48.7 Å². The molecule has 4 aromatic rings. The first-order valence-corrected chi connectivity index (χ1v) is 13.3. The van der Waals surface area contributed by atoms with Gasteiger partial charge in [0.15, 0.2) is 0 Å². The van der Waals surface area contributed by atoms with E-state index in [-0.39, 0.29) is 17.3 Å². The second kappa shape index (κ2) is 10.5. The summed E-state index contributed by atoms with van der Waals surface area (Å²) in [5, 5.41) is 3.64. The van der Waals surface area contributed by atoms with Crippen LogP contribution in [0.5, 0.6) is 17.2 Å². The lowest BCUT2D eigenvalue weighted by Crippen LogP contribution is -2.30. The van der Waals surface area contributed by atoms with Gasteiger partial charge in [-0.05, 0) is 73.0 Å². The normalized spacial score (nSPS) is 11.2. The standard InChI is InChI=1S/C26H26N2O6S2/c1-5-28(36(30,31)21-10-7-19(32-2)8-11-21)18-6-13-24-17(14-18)15-25(35-24)26(29)27-22-12-9-20(33-3)16-23(22)34-4/h6-16H,5H2,1-4H3,(H,27,29). The average molecular weight is 527 g/mol. The number of nitrogens with zero attached hydrogens (tertiary/aromatic N) is 1. The minimum atomic E-state index is -3.78. The van der Waals surface area contributed by atoms with Crippen LogP contribution in [-0.2, 0) is 10.0 Å². The van der Waals surface area contributed by atoms with E-state index in [1.54, 1.807) is 62.6 Å². The maximum atomic E-state index is 13.3. The zero-order valence-electron chi connectivity index (χ0n) is 20.3. The van der Waals surface area contributed by atoms with Crippen LogP contribution >= 0.6 is 11.3 Å². The van der Waals surface area contributed by atoms with Gasteiger partial charge in [-0.15, -0.1) is 11.3 Å². The number of hydrogen-bond acceptors (Lipinski definition) is 7. The number of amides is 1. The summed E-state index contributed by atoms with van der Waals surface area (Å²) < 4.78 is 44.5. The molecule has 0 aliphatic rings. The number of anilines is 2. The highest BCUT2D eigenvalue weighted by atomic mass is 32.2. The smallest absolute Gasteiger partial charge is 0.265 e. The molecule has 1 heterocycles. The molecule has 0 unspecified atom stereocenters. The predicted molar refractivity (Wildman–Crippen MR) is 143 cm³/mol. The Morgan fingerprint density at radius 1 is 0.889 bits per heavy atom. The Hall–Kier alpha value is -3.76. The van der Waals surface area contributed by atoms with E-state index in [0.717, 1.165) is 10.1 Å². The number of fused-ring (bicyclic) bond motifs is 1. The summed E-state index contributed by atoms with van der Waals surface area (Å²) in [6, 6.07) is 18.5. The fourth-order valence-corrected chi connectivity index (χ4v) is 6.15. The van der Waals surface area contributed by atoms with Crippen molar-refractivity contribution in [2.75, 3.05) is 37.5 Å². The van der Waals surface area contributed by atoms with E-state index in [0.29, 0.717) is 33.5 Å². The van der Waals surface area contributed by atoms with Crippen molar-refractivity contribution in [3.05, 3.63) is 71.6 Å². The van der Waals surface area contributed by atoms with Crippen LogP contribution in [0.4, 0.5) is 11.4 Å². The first kappa shape index (κ1) is 25.3. The van der Waals surface area contributed by atoms with Crippen molar-refractivity contribution in [3.63, 3.8) is 0 Å². The summed E-state index contributed by atoms with van der Waals surface area (Å²) in [5.41, 5.74) is 1.03. The van der Waals surface area contributed by atoms with Crippen LogP contribution in [0.25, 0.3) is 10.1 Å². The molecule has 0 saturated heterocycles. The fraction of sp³-hybridized carbons (Fsp3) is 0.192. The lowest BCUT2D eigenvalue weighted by Gasteiger charge is -2.23. The Bertz CT molecular complexity index is 1500. The number of thiophene rings is 1. The third kappa shape index (κ3) is 4.95. The summed E-state index contributed by atoms with van der Waals surface area (Å²) in [4.78, 5) is 13.6. The molecule has 0 saturated carbocycles. The molecule has 0 radical (unpaired) electrons. The molecule has 0 aliphatic heterocycles. The fourth-order valence-electron chi connectivity index (χ4n) is 3.75. The van der Waals surface area contributed by atoms with Gasteiger partial charge in [-0.1, -0.05) is 0 Å². The predicted octanol–water partition coefficient (Wildman–Crippen LogP) is 5.39. The van der Waals surface area contributed by atoms with Crippen molar-refractivity contribution in [2.45, 2.75) is 11.8 Å². The van der Waals surface area contributed by atoms with Crippen molar-refractivity contribution in [2.24, 2.45) is 0 Å². The molecule has 0 spiro atoms. The molecule has 8 nitrogen and oxygen atoms in total. The van der Waals surface area contributed by atoms with Crippen molar-refractivity contribution in [1.82, 2.24) is 0 Å². The molecule has 4 rings (SSSR count). The zero-order valence-corrected chi connectivity index (χ0v) is 21.9. The molecule has 188 valence electrons. The zero-order chi connectivity index (χ0) is 25.9. The van der Waals surface area contributed by atoms with Gasteiger partial charge in [0.2, 0.25) is 0 Å². The van der Waals surface area contributed by atoms with Crippen LogP contribution < -0.4 is 23.8 Å². The largest absolute Gasteiger partial charge is 0.497 e. The summed E-state index contributed by atoms with van der Waals surface area (Å²) >= 11 is 1.32. The van der Waals surface area contributed by atoms with Gasteiger partial charge in [0.1, 0.15) is 17.2 Å². The monoisotopic (exact) mass is 526 g/mol. The second-order valence-corrected chi connectivity index (χ2v) is 10.6. The lowest BCUT2D eigenvalue weighted by molar-refractivity contribution is 0.103. The molecule has 3 aromatic carbocycles. The van der Waals surface area contributed by atoms with Gasteiger partial charge in [0.25, 0.3) is 15.9 Å². The Kier molecular flexibility index (Phi) is 7.37. The average Bonchev–Trinajstić information content (AvgIpc) is 3.33. The number of methoxy groups -OCH3 is 3. The molecule has 0 atom stereocenters. The third-order valence-electron chi connectivity index (χ3n) is 5.60. The topological polar surface area (TPSA) is 94.2 Å². The van der Waals surface area contributed by atoms with Crippen LogP contribution in [0.1, 0.15) is 16.6 Å². The summed E-state index contributed by atoms with van der Waals surface area (Å²) in [6.07, 6.45) is 0. The van der Waals surface area contributed by atoms with Crippen molar-refractivity contribution < 1.29 is 27.4 Å². The quantitative estimate of drug-likeness (QED) is 0.314. The summed E-state index contributed by atoms with van der Waals surface area (Å²) in [6.45, 7) is 2.02. The van der Waals surface area contributed by atoms with Gasteiger partial charge in [-0.2, -0.15) is 0 Å². The maximum absolute atomic E-state index is 13.3. The summed E-state index contributed by atoms with van der Waals surface area (Å²) in [7, 11) is 0.819. The molecule has 1 N–H and O–H groups in total. The minimum absolute atomic E-state index is 0.170. The number of sulfonamides is 1. The SMILES string of the molecule is CCN(c1ccc2sc(C(=O)Nc3ccc(OC)cc3OC)cc2c1)S(=O)(=O)c1ccc(OC)cc1. The molecule has 36 heavy (non-hydrogen) atoms. The van der Waals surface area contributed by atoms with Crippen molar-refractivity contribution in [1.29, 1.82) is 0 Å². The number of rotatable bonds is 9. The molecule has 0 fully saturated rings. The van der Waals surface area contributed by atoms with E-state index in [1.165, 1.54) is 42.0 Å². The van der Waals surface area contributed by atoms with E-state index in [1.807, 2.05) is 6.07 Å². The van der Waals surface area contributed by atoms with Gasteiger partial charge in [-0.25, -0.2) is 8.42 Å². The van der Waals surface area contributed by atoms with Gasteiger partial charge >= 0.3 is 0 Å². The highest BCUT2D eigenvalue weighted by Gasteiger charge is 2.24. The first-order valence-electron chi connectivity index (χ1n) is 11.0. The first-order chi connectivity index (χ1) is 17.3. The molecule has 1 amide bonds. The van der Waals surface area contributed by atoms with Crippen LogP contribution in [-0.4, -0.2) is 42.2 Å². The molecule has 10 heteroatoms. The van der Waals surface area contributed by atoms with E-state index in [4.69, 9.17) is 14.2 Å². The van der Waals surface area contributed by atoms with Gasteiger partial charge in [0.05, 0.1) is 42.5 Å². The highest BCUT2D eigenvalue weighted by molar-refractivity contribution is 7.92. The Morgan fingerprint density at radius 2 is 1.58 bits per heavy atom. The highest BCUT2D eigenvalue weighted by Crippen LogP contribution is 2.34. The van der Waals surface area contributed by atoms with Crippen LogP contribution in [0.15, 0.2) is 71.6 Å².